The lowest BCUT2D eigenvalue weighted by molar-refractivity contribution is 0.0769. The Bertz CT molecular complexity index is 947. The highest BCUT2D eigenvalue weighted by Gasteiger charge is 2.41. The maximum Gasteiger partial charge on any atom is 0.290 e. The van der Waals surface area contributed by atoms with Gasteiger partial charge in [-0.05, 0) is 24.3 Å². The number of hydrogen-bond donors (Lipinski definition) is 0. The van der Waals surface area contributed by atoms with Gasteiger partial charge in [0.2, 0.25) is 5.76 Å². The number of benzene rings is 1. The minimum Gasteiger partial charge on any atom is -0.450 e. The molecule has 5 heteroatoms. The summed E-state index contributed by atoms with van der Waals surface area (Å²) in [6.45, 7) is 0. The van der Waals surface area contributed by atoms with Gasteiger partial charge in [-0.2, -0.15) is 0 Å². The molecule has 1 amide bonds. The van der Waals surface area contributed by atoms with Crippen LogP contribution in [0.25, 0.3) is 11.0 Å². The van der Waals surface area contributed by atoms with Crippen LogP contribution in [0.15, 0.2) is 57.9 Å². The zero-order chi connectivity index (χ0) is 15.3. The summed E-state index contributed by atoms with van der Waals surface area (Å²) in [6, 6.07) is 11.9. The third-order valence-corrected chi connectivity index (χ3v) is 3.98. The van der Waals surface area contributed by atoms with E-state index >= 15 is 0 Å². The van der Waals surface area contributed by atoms with Crippen LogP contribution in [0, 0.1) is 0 Å². The highest BCUT2D eigenvalue weighted by molar-refractivity contribution is 5.98. The molecule has 0 unspecified atom stereocenters. The molecule has 1 aromatic carbocycles. The predicted molar refractivity (Wildman–Crippen MR) is 80.7 cm³/mol. The Balaban J connectivity index is 2.06. The lowest BCUT2D eigenvalue weighted by atomic mass is 10.0. The fourth-order valence-electron chi connectivity index (χ4n) is 2.92. The summed E-state index contributed by atoms with van der Waals surface area (Å²) < 4.78 is 5.70. The lowest BCUT2D eigenvalue weighted by Gasteiger charge is -2.18. The van der Waals surface area contributed by atoms with Gasteiger partial charge in [-0.3, -0.25) is 14.6 Å². The molecule has 4 rings (SSSR count). The minimum atomic E-state index is -0.510. The van der Waals surface area contributed by atoms with E-state index in [-0.39, 0.29) is 17.1 Å². The van der Waals surface area contributed by atoms with Crippen LogP contribution in [0.3, 0.4) is 0 Å². The van der Waals surface area contributed by atoms with Gasteiger partial charge in [0.05, 0.1) is 16.6 Å². The van der Waals surface area contributed by atoms with Gasteiger partial charge in [-0.1, -0.05) is 18.2 Å². The molecule has 108 valence electrons. The second-order valence-electron chi connectivity index (χ2n) is 5.24. The summed E-state index contributed by atoms with van der Waals surface area (Å²) in [6.07, 6.45) is 1.65. The third-order valence-electron chi connectivity index (χ3n) is 3.98. The Morgan fingerprint density at radius 3 is 2.64 bits per heavy atom. The second kappa shape index (κ2) is 4.53. The van der Waals surface area contributed by atoms with Gasteiger partial charge < -0.3 is 9.32 Å². The van der Waals surface area contributed by atoms with Gasteiger partial charge in [-0.25, -0.2) is 0 Å². The summed E-state index contributed by atoms with van der Waals surface area (Å²) in [7, 11) is 1.65. The Morgan fingerprint density at radius 1 is 1.09 bits per heavy atom. The number of rotatable bonds is 1. The molecule has 22 heavy (non-hydrogen) atoms. The first kappa shape index (κ1) is 12.8. The number of aromatic nitrogens is 1. The predicted octanol–water partition coefficient (Wildman–Crippen LogP) is 2.36. The molecule has 1 aliphatic heterocycles. The summed E-state index contributed by atoms with van der Waals surface area (Å²) in [5.41, 5.74) is 1.27. The van der Waals surface area contributed by atoms with Crippen molar-refractivity contribution in [1.82, 2.24) is 9.88 Å². The summed E-state index contributed by atoms with van der Waals surface area (Å²) in [5, 5.41) is 0.477. The molecule has 5 nitrogen and oxygen atoms in total. The molecule has 1 aliphatic rings. The van der Waals surface area contributed by atoms with Crippen molar-refractivity contribution >= 4 is 16.9 Å². The van der Waals surface area contributed by atoms with Crippen LogP contribution in [-0.4, -0.2) is 22.8 Å². The van der Waals surface area contributed by atoms with E-state index in [4.69, 9.17) is 4.42 Å². The monoisotopic (exact) mass is 292 g/mol. The Labute approximate surface area is 125 Å². The zero-order valence-corrected chi connectivity index (χ0v) is 11.8. The first-order valence-corrected chi connectivity index (χ1v) is 6.92. The van der Waals surface area contributed by atoms with Gasteiger partial charge in [0.25, 0.3) is 5.91 Å². The number of pyridine rings is 1. The van der Waals surface area contributed by atoms with E-state index in [1.807, 2.05) is 6.07 Å². The van der Waals surface area contributed by atoms with E-state index in [2.05, 4.69) is 4.98 Å². The van der Waals surface area contributed by atoms with E-state index in [9.17, 15) is 9.59 Å². The van der Waals surface area contributed by atoms with Crippen molar-refractivity contribution in [1.29, 1.82) is 0 Å². The molecule has 0 radical (unpaired) electrons. The Kier molecular flexibility index (Phi) is 2.63. The van der Waals surface area contributed by atoms with Crippen molar-refractivity contribution in [2.45, 2.75) is 6.04 Å². The first-order valence-electron chi connectivity index (χ1n) is 6.92. The molecule has 3 aromatic rings. The van der Waals surface area contributed by atoms with Crippen LogP contribution in [0.1, 0.15) is 27.9 Å². The van der Waals surface area contributed by atoms with Crippen LogP contribution >= 0.6 is 0 Å². The van der Waals surface area contributed by atoms with Crippen molar-refractivity contribution in [2.24, 2.45) is 0 Å². The number of nitrogens with zero attached hydrogens (tertiary/aromatic N) is 2. The van der Waals surface area contributed by atoms with E-state index in [1.54, 1.807) is 49.6 Å². The van der Waals surface area contributed by atoms with E-state index in [1.165, 1.54) is 4.90 Å². The standard InChI is InChI=1S/C17H12N2O3/c1-19-14(11-7-4-5-9-18-11)13-15(20)10-6-2-3-8-12(10)22-16(13)17(19)21/h2-9,14H,1H3/t14-/m1/s1. The largest absolute Gasteiger partial charge is 0.450 e. The van der Waals surface area contributed by atoms with Crippen LogP contribution in [0.4, 0.5) is 0 Å². The number of amides is 1. The van der Waals surface area contributed by atoms with E-state index in [0.717, 1.165) is 0 Å². The molecule has 0 N–H and O–H groups in total. The first-order chi connectivity index (χ1) is 10.7. The van der Waals surface area contributed by atoms with E-state index in [0.29, 0.717) is 22.2 Å². The third kappa shape index (κ3) is 1.62. The van der Waals surface area contributed by atoms with Crippen molar-refractivity contribution < 1.29 is 9.21 Å². The Hall–Kier alpha value is -2.95. The number of para-hydroxylation sites is 1. The highest BCUT2D eigenvalue weighted by Crippen LogP contribution is 2.35. The molecule has 0 saturated carbocycles. The molecule has 0 saturated heterocycles. The number of fused-ring (bicyclic) bond motifs is 2. The molecule has 1 atom stereocenters. The highest BCUT2D eigenvalue weighted by atomic mass is 16.3. The van der Waals surface area contributed by atoms with Crippen LogP contribution < -0.4 is 5.43 Å². The van der Waals surface area contributed by atoms with Crippen molar-refractivity contribution in [3.63, 3.8) is 0 Å². The second-order valence-corrected chi connectivity index (χ2v) is 5.24. The quantitative estimate of drug-likeness (QED) is 0.690. The topological polar surface area (TPSA) is 63.4 Å². The van der Waals surface area contributed by atoms with Gasteiger partial charge in [-0.15, -0.1) is 0 Å². The maximum atomic E-state index is 12.8. The SMILES string of the molecule is CN1C(=O)c2oc3ccccc3c(=O)c2[C@H]1c1ccccn1. The number of carbonyl (C=O) groups is 1. The summed E-state index contributed by atoms with van der Waals surface area (Å²) in [5.74, 6) is -0.185. The summed E-state index contributed by atoms with van der Waals surface area (Å²) in [4.78, 5) is 31.1. The molecular weight excluding hydrogens is 280 g/mol. The van der Waals surface area contributed by atoms with Gasteiger partial charge in [0, 0.05) is 13.2 Å². The van der Waals surface area contributed by atoms with Crippen LogP contribution in [-0.2, 0) is 0 Å². The van der Waals surface area contributed by atoms with Gasteiger partial charge in [0.15, 0.2) is 5.43 Å². The fourth-order valence-corrected chi connectivity index (χ4v) is 2.92. The van der Waals surface area contributed by atoms with Crippen molar-refractivity contribution in [3.05, 3.63) is 75.9 Å². The average Bonchev–Trinajstić information content (AvgIpc) is 2.81. The molecule has 0 aliphatic carbocycles. The lowest BCUT2D eigenvalue weighted by Crippen LogP contribution is -2.25. The smallest absolute Gasteiger partial charge is 0.290 e. The van der Waals surface area contributed by atoms with Crippen molar-refractivity contribution in [2.75, 3.05) is 7.05 Å². The zero-order valence-electron chi connectivity index (χ0n) is 11.8. The number of carbonyl (C=O) groups excluding carboxylic acids is 1. The number of hydrogen-bond acceptors (Lipinski definition) is 4. The molecule has 3 heterocycles. The van der Waals surface area contributed by atoms with Crippen molar-refractivity contribution in [3.8, 4) is 0 Å². The van der Waals surface area contributed by atoms with Gasteiger partial charge >= 0.3 is 0 Å². The molecular formula is C17H12N2O3. The van der Waals surface area contributed by atoms with E-state index < -0.39 is 6.04 Å². The minimum absolute atomic E-state index is 0.113. The normalized spacial score (nSPS) is 17.0. The Morgan fingerprint density at radius 2 is 1.86 bits per heavy atom. The molecule has 0 fully saturated rings. The van der Waals surface area contributed by atoms with Crippen LogP contribution in [0.2, 0.25) is 0 Å². The molecule has 0 spiro atoms. The molecule has 0 bridgehead atoms. The summed E-state index contributed by atoms with van der Waals surface area (Å²) >= 11 is 0. The fraction of sp³-hybridized carbons (Fsp3) is 0.118. The van der Waals surface area contributed by atoms with Gasteiger partial charge in [0.1, 0.15) is 11.6 Å². The molecule has 2 aromatic heterocycles. The maximum absolute atomic E-state index is 12.8. The average molecular weight is 292 g/mol. The van der Waals surface area contributed by atoms with Crippen LogP contribution in [0.5, 0.6) is 0 Å².